The fraction of sp³-hybridized carbons (Fsp3) is 0.250. The first kappa shape index (κ1) is 29.5. The van der Waals surface area contributed by atoms with Crippen molar-refractivity contribution in [1.29, 1.82) is 0 Å². The third-order valence-corrected chi connectivity index (χ3v) is 7.68. The molecule has 0 radical (unpaired) electrons. The Bertz CT molecular complexity index is 1430. The molecule has 0 saturated carbocycles. The molecule has 1 saturated heterocycles. The number of hydrogen-bond acceptors (Lipinski definition) is 6. The number of benzene rings is 3. The zero-order valence-corrected chi connectivity index (χ0v) is 23.9. The van der Waals surface area contributed by atoms with Crippen molar-refractivity contribution >= 4 is 56.0 Å². The number of anilines is 1. The van der Waals surface area contributed by atoms with Crippen LogP contribution in [0.5, 0.6) is 11.5 Å². The van der Waals surface area contributed by atoms with Gasteiger partial charge < -0.3 is 14.8 Å². The Balaban J connectivity index is 1.61. The van der Waals surface area contributed by atoms with Gasteiger partial charge in [0.25, 0.3) is 0 Å². The molecule has 1 heterocycles. The van der Waals surface area contributed by atoms with E-state index in [4.69, 9.17) is 9.47 Å². The lowest BCUT2D eigenvalue weighted by Crippen LogP contribution is -2.46. The largest absolute Gasteiger partial charge is 0.493 e. The van der Waals surface area contributed by atoms with Gasteiger partial charge >= 0.3 is 6.18 Å². The number of methoxy groups -OCH3 is 2. The maximum Gasteiger partial charge on any atom is 0.416 e. The van der Waals surface area contributed by atoms with Crippen LogP contribution in [-0.4, -0.2) is 47.9 Å². The Kier molecular flexibility index (Phi) is 9.41. The molecule has 0 bridgehead atoms. The highest BCUT2D eigenvalue weighted by Gasteiger charge is 2.36. The summed E-state index contributed by atoms with van der Waals surface area (Å²) in [4.78, 5) is 32.2. The molecule has 1 aliphatic heterocycles. The van der Waals surface area contributed by atoms with Crippen LogP contribution in [0, 0.1) is 0 Å². The number of carbonyl (C=O) groups excluding carboxylic acids is 2. The SMILES string of the molecule is COc1ccc(CCN2C(=O)CC(C(=O)Nc3cccc(Br)c3)SC2=Nc2cccc(C(F)(F)F)c2)cc1OC. The Hall–Kier alpha value is -3.51. The van der Waals surface area contributed by atoms with Crippen LogP contribution in [0.4, 0.5) is 24.5 Å². The molecule has 3 aromatic carbocycles. The summed E-state index contributed by atoms with van der Waals surface area (Å²) in [6, 6.07) is 16.9. The van der Waals surface area contributed by atoms with Gasteiger partial charge in [-0.25, -0.2) is 4.99 Å². The predicted octanol–water partition coefficient (Wildman–Crippen LogP) is 6.69. The number of amides is 2. The Morgan fingerprint density at radius 2 is 1.82 bits per heavy atom. The zero-order chi connectivity index (χ0) is 28.9. The van der Waals surface area contributed by atoms with Gasteiger partial charge in [-0.2, -0.15) is 13.2 Å². The van der Waals surface area contributed by atoms with E-state index >= 15 is 0 Å². The summed E-state index contributed by atoms with van der Waals surface area (Å²) in [5.74, 6) is 0.315. The summed E-state index contributed by atoms with van der Waals surface area (Å²) < 4.78 is 51.3. The van der Waals surface area contributed by atoms with Crippen LogP contribution < -0.4 is 14.8 Å². The number of amidine groups is 1. The second kappa shape index (κ2) is 12.8. The lowest BCUT2D eigenvalue weighted by molar-refractivity contribution is -0.137. The van der Waals surface area contributed by atoms with E-state index in [1.165, 1.54) is 31.3 Å². The Morgan fingerprint density at radius 1 is 1.07 bits per heavy atom. The monoisotopic (exact) mass is 635 g/mol. The first-order chi connectivity index (χ1) is 19.1. The van der Waals surface area contributed by atoms with Crippen molar-refractivity contribution in [2.24, 2.45) is 4.99 Å². The van der Waals surface area contributed by atoms with Crippen LogP contribution in [0.3, 0.4) is 0 Å². The summed E-state index contributed by atoms with van der Waals surface area (Å²) in [5.41, 5.74) is 0.555. The van der Waals surface area contributed by atoms with Gasteiger partial charge in [0.2, 0.25) is 11.8 Å². The number of nitrogens with one attached hydrogen (secondary N) is 1. The van der Waals surface area contributed by atoms with E-state index in [9.17, 15) is 22.8 Å². The van der Waals surface area contributed by atoms with E-state index in [0.29, 0.717) is 23.6 Å². The number of alkyl halides is 3. The minimum atomic E-state index is -4.55. The molecular formula is C28H25BrF3N3O4S. The molecule has 210 valence electrons. The molecule has 1 aliphatic rings. The van der Waals surface area contributed by atoms with Crippen molar-refractivity contribution in [3.63, 3.8) is 0 Å². The number of hydrogen-bond donors (Lipinski definition) is 1. The number of thioether (sulfide) groups is 1. The molecule has 0 aliphatic carbocycles. The smallest absolute Gasteiger partial charge is 0.416 e. The van der Waals surface area contributed by atoms with Gasteiger partial charge in [0.1, 0.15) is 5.25 Å². The van der Waals surface area contributed by atoms with Crippen LogP contribution in [0.25, 0.3) is 0 Å². The summed E-state index contributed by atoms with van der Waals surface area (Å²) in [6.45, 7) is 0.194. The van der Waals surface area contributed by atoms with E-state index in [1.54, 1.807) is 30.3 Å². The Labute approximate surface area is 241 Å². The predicted molar refractivity (Wildman–Crippen MR) is 152 cm³/mol. The minimum absolute atomic E-state index is 0.0225. The van der Waals surface area contributed by atoms with Gasteiger partial charge in [0, 0.05) is 23.1 Å². The minimum Gasteiger partial charge on any atom is -0.493 e. The third kappa shape index (κ3) is 7.36. The molecule has 7 nitrogen and oxygen atoms in total. The lowest BCUT2D eigenvalue weighted by Gasteiger charge is -2.32. The number of ether oxygens (including phenoxy) is 2. The van der Waals surface area contributed by atoms with Crippen molar-refractivity contribution in [1.82, 2.24) is 4.90 Å². The van der Waals surface area contributed by atoms with Gasteiger partial charge in [0.05, 0.1) is 25.5 Å². The molecule has 0 spiro atoms. The van der Waals surface area contributed by atoms with Crippen molar-refractivity contribution in [3.05, 3.63) is 82.3 Å². The van der Waals surface area contributed by atoms with E-state index in [-0.39, 0.29) is 29.7 Å². The van der Waals surface area contributed by atoms with E-state index in [2.05, 4.69) is 26.2 Å². The van der Waals surface area contributed by atoms with Crippen molar-refractivity contribution in [2.45, 2.75) is 24.3 Å². The number of nitrogens with zero attached hydrogens (tertiary/aromatic N) is 2. The number of aliphatic imine (C=N–C) groups is 1. The Morgan fingerprint density at radius 3 is 2.52 bits per heavy atom. The molecule has 4 rings (SSSR count). The lowest BCUT2D eigenvalue weighted by atomic mass is 10.1. The van der Waals surface area contributed by atoms with E-state index < -0.39 is 22.9 Å². The van der Waals surface area contributed by atoms with Gasteiger partial charge in [-0.05, 0) is 60.5 Å². The van der Waals surface area contributed by atoms with Crippen molar-refractivity contribution in [2.75, 3.05) is 26.1 Å². The summed E-state index contributed by atoms with van der Waals surface area (Å²) in [6.07, 6.45) is -4.24. The highest BCUT2D eigenvalue weighted by atomic mass is 79.9. The standard InChI is InChI=1S/C28H25BrF3N3O4S/c1-38-22-10-9-17(13-23(22)39-2)11-12-35-25(36)16-24(26(37)33-21-8-4-6-19(29)15-21)40-27(35)34-20-7-3-5-18(14-20)28(30,31)32/h3-10,13-15,24H,11-12,16H2,1-2H3,(H,33,37). The van der Waals surface area contributed by atoms with Crippen LogP contribution in [0.1, 0.15) is 17.5 Å². The highest BCUT2D eigenvalue weighted by Crippen LogP contribution is 2.34. The van der Waals surface area contributed by atoms with Gasteiger partial charge in [-0.3, -0.25) is 14.5 Å². The second-order valence-corrected chi connectivity index (χ2v) is 10.8. The van der Waals surface area contributed by atoms with E-state index in [0.717, 1.165) is 33.9 Å². The summed E-state index contributed by atoms with van der Waals surface area (Å²) >= 11 is 4.39. The molecule has 1 N–H and O–H groups in total. The summed E-state index contributed by atoms with van der Waals surface area (Å²) in [5, 5.41) is 2.11. The fourth-order valence-corrected chi connectivity index (χ4v) is 5.51. The number of halogens is 4. The molecule has 3 aromatic rings. The van der Waals surface area contributed by atoms with Gasteiger partial charge in [-0.15, -0.1) is 0 Å². The normalized spacial score (nSPS) is 16.6. The highest BCUT2D eigenvalue weighted by molar-refractivity contribution is 9.10. The number of carbonyl (C=O) groups is 2. The third-order valence-electron chi connectivity index (χ3n) is 5.99. The van der Waals surface area contributed by atoms with Crippen LogP contribution in [-0.2, 0) is 22.2 Å². The maximum absolute atomic E-state index is 13.3. The first-order valence-corrected chi connectivity index (χ1v) is 13.7. The number of rotatable bonds is 8. The molecule has 12 heteroatoms. The van der Waals surface area contributed by atoms with Crippen LogP contribution in [0.15, 0.2) is 76.2 Å². The molecule has 1 fully saturated rings. The first-order valence-electron chi connectivity index (χ1n) is 12.1. The average molecular weight is 636 g/mol. The molecular weight excluding hydrogens is 611 g/mol. The molecule has 0 aromatic heterocycles. The second-order valence-electron chi connectivity index (χ2n) is 8.74. The maximum atomic E-state index is 13.3. The molecule has 1 unspecified atom stereocenters. The van der Waals surface area contributed by atoms with Crippen molar-refractivity contribution < 1.29 is 32.2 Å². The van der Waals surface area contributed by atoms with Crippen molar-refractivity contribution in [3.8, 4) is 11.5 Å². The molecule has 2 amide bonds. The molecule has 1 atom stereocenters. The topological polar surface area (TPSA) is 80.2 Å². The molecule has 40 heavy (non-hydrogen) atoms. The van der Waals surface area contributed by atoms with Crippen LogP contribution >= 0.6 is 27.7 Å². The fourth-order valence-electron chi connectivity index (χ4n) is 3.99. The zero-order valence-electron chi connectivity index (χ0n) is 21.5. The van der Waals surface area contributed by atoms with Gasteiger partial charge in [-0.1, -0.05) is 45.9 Å². The quantitative estimate of drug-likeness (QED) is 0.298. The van der Waals surface area contributed by atoms with Crippen LogP contribution in [0.2, 0.25) is 0 Å². The van der Waals surface area contributed by atoms with E-state index in [1.807, 2.05) is 12.1 Å². The summed E-state index contributed by atoms with van der Waals surface area (Å²) in [7, 11) is 3.05. The average Bonchev–Trinajstić information content (AvgIpc) is 2.92. The van der Waals surface area contributed by atoms with Gasteiger partial charge in [0.15, 0.2) is 16.7 Å².